The normalized spacial score (nSPS) is 10.1. The Bertz CT molecular complexity index is 123. The first-order chi connectivity index (χ1) is 4.48. The second kappa shape index (κ2) is 5.24. The molecular formula is C7H15ClO3. The maximum atomic E-state index is 10.1. The molecule has 0 bridgehead atoms. The van der Waals surface area contributed by atoms with Crippen LogP contribution < -0.4 is 0 Å². The fourth-order valence-corrected chi connectivity index (χ4v) is 0.889. The van der Waals surface area contributed by atoms with E-state index in [1.54, 1.807) is 13.8 Å². The Hall–Kier alpha value is -0.440. The summed E-state index contributed by atoms with van der Waals surface area (Å²) in [5.74, 6) is 0. The van der Waals surface area contributed by atoms with E-state index in [9.17, 15) is 4.79 Å². The van der Waals surface area contributed by atoms with E-state index in [1.807, 2.05) is 6.92 Å². The highest BCUT2D eigenvalue weighted by molar-refractivity contribution is 5.85. The fraction of sp³-hybridized carbons (Fsp3) is 0.857. The van der Waals surface area contributed by atoms with Gasteiger partial charge in [-0.2, -0.15) is 0 Å². The van der Waals surface area contributed by atoms with E-state index in [0.717, 1.165) is 12.8 Å². The summed E-state index contributed by atoms with van der Waals surface area (Å²) in [6.45, 7) is 5.53. The van der Waals surface area contributed by atoms with E-state index in [1.165, 1.54) is 0 Å². The number of rotatable bonds is 3. The van der Waals surface area contributed by atoms with Gasteiger partial charge in [0.2, 0.25) is 0 Å². The van der Waals surface area contributed by atoms with Gasteiger partial charge < -0.3 is 9.84 Å². The van der Waals surface area contributed by atoms with Crippen molar-refractivity contribution in [2.75, 3.05) is 0 Å². The molecule has 0 aliphatic carbocycles. The third-order valence-electron chi connectivity index (χ3n) is 1.22. The van der Waals surface area contributed by atoms with E-state index in [2.05, 4.69) is 4.74 Å². The lowest BCUT2D eigenvalue weighted by Crippen LogP contribution is -2.26. The van der Waals surface area contributed by atoms with Gasteiger partial charge in [0, 0.05) is 0 Å². The zero-order valence-corrected chi connectivity index (χ0v) is 7.90. The predicted octanol–water partition coefficient (Wildman–Crippen LogP) is 2.68. The second-order valence-corrected chi connectivity index (χ2v) is 2.88. The van der Waals surface area contributed by atoms with Gasteiger partial charge in [-0.15, -0.1) is 12.4 Å². The van der Waals surface area contributed by atoms with E-state index in [-0.39, 0.29) is 12.4 Å². The molecule has 0 rings (SSSR count). The highest BCUT2D eigenvalue weighted by Crippen LogP contribution is 2.15. The van der Waals surface area contributed by atoms with E-state index >= 15 is 0 Å². The summed E-state index contributed by atoms with van der Waals surface area (Å²) < 4.78 is 4.59. The number of carbonyl (C=O) groups is 1. The van der Waals surface area contributed by atoms with Crippen LogP contribution in [-0.4, -0.2) is 16.9 Å². The molecule has 0 radical (unpaired) electrons. The molecule has 0 fully saturated rings. The van der Waals surface area contributed by atoms with Crippen molar-refractivity contribution < 1.29 is 14.6 Å². The highest BCUT2D eigenvalue weighted by atomic mass is 35.5. The van der Waals surface area contributed by atoms with Crippen LogP contribution in [0.3, 0.4) is 0 Å². The monoisotopic (exact) mass is 182 g/mol. The number of hydrogen-bond acceptors (Lipinski definition) is 2. The molecule has 0 atom stereocenters. The van der Waals surface area contributed by atoms with Crippen molar-refractivity contribution in [3.05, 3.63) is 0 Å². The van der Waals surface area contributed by atoms with Crippen molar-refractivity contribution in [2.45, 2.75) is 39.2 Å². The third-order valence-corrected chi connectivity index (χ3v) is 1.22. The molecule has 0 spiro atoms. The Kier molecular flexibility index (Phi) is 6.28. The second-order valence-electron chi connectivity index (χ2n) is 2.88. The Labute approximate surface area is 73.2 Å². The first-order valence-electron chi connectivity index (χ1n) is 3.40. The topological polar surface area (TPSA) is 46.5 Å². The van der Waals surface area contributed by atoms with Crippen LogP contribution in [0.4, 0.5) is 4.79 Å². The molecule has 0 aromatic rings. The molecule has 1 N–H and O–H groups in total. The molecule has 0 heterocycles. The molecule has 11 heavy (non-hydrogen) atoms. The summed E-state index contributed by atoms with van der Waals surface area (Å²) in [6.07, 6.45) is 0.498. The maximum absolute atomic E-state index is 10.1. The SMILES string of the molecule is CCCC(C)(C)OC(=O)O.Cl. The zero-order chi connectivity index (χ0) is 8.20. The quantitative estimate of drug-likeness (QED) is 0.683. The van der Waals surface area contributed by atoms with Crippen LogP contribution in [-0.2, 0) is 4.74 Å². The largest absolute Gasteiger partial charge is 0.506 e. The minimum atomic E-state index is -1.20. The highest BCUT2D eigenvalue weighted by Gasteiger charge is 2.20. The summed E-state index contributed by atoms with van der Waals surface area (Å²) in [6, 6.07) is 0. The molecule has 0 aromatic heterocycles. The van der Waals surface area contributed by atoms with Gasteiger partial charge in [-0.25, -0.2) is 4.79 Å². The lowest BCUT2D eigenvalue weighted by atomic mass is 10.0. The number of hydrogen-bond donors (Lipinski definition) is 1. The van der Waals surface area contributed by atoms with Crippen LogP contribution in [0.1, 0.15) is 33.6 Å². The average Bonchev–Trinajstić information content (AvgIpc) is 1.59. The predicted molar refractivity (Wildman–Crippen MR) is 45.3 cm³/mol. The van der Waals surface area contributed by atoms with Crippen LogP contribution in [0.5, 0.6) is 0 Å². The summed E-state index contributed by atoms with van der Waals surface area (Å²) in [4.78, 5) is 10.1. The summed E-state index contributed by atoms with van der Waals surface area (Å²) in [5.41, 5.74) is -0.527. The molecule has 0 aliphatic rings. The van der Waals surface area contributed by atoms with Crippen molar-refractivity contribution >= 4 is 18.6 Å². The molecule has 3 nitrogen and oxygen atoms in total. The molecule has 0 unspecified atom stereocenters. The van der Waals surface area contributed by atoms with Crippen molar-refractivity contribution in [3.8, 4) is 0 Å². The molecule has 0 aromatic carbocycles. The number of halogens is 1. The molecular weight excluding hydrogens is 168 g/mol. The molecule has 4 heteroatoms. The van der Waals surface area contributed by atoms with Crippen LogP contribution >= 0.6 is 12.4 Å². The van der Waals surface area contributed by atoms with Gasteiger partial charge >= 0.3 is 6.16 Å². The summed E-state index contributed by atoms with van der Waals surface area (Å²) in [5, 5.41) is 8.25. The standard InChI is InChI=1S/C7H14O3.ClH/c1-4-5-7(2,3)10-6(8)9;/h4-5H2,1-3H3,(H,8,9);1H. The first kappa shape index (κ1) is 13.2. The average molecular weight is 183 g/mol. The minimum absolute atomic E-state index is 0. The Morgan fingerprint density at radius 3 is 2.27 bits per heavy atom. The number of carboxylic acid groups (broad SMARTS) is 1. The Morgan fingerprint density at radius 2 is 2.00 bits per heavy atom. The summed E-state index contributed by atoms with van der Waals surface area (Å²) in [7, 11) is 0. The van der Waals surface area contributed by atoms with Crippen LogP contribution in [0, 0.1) is 0 Å². The zero-order valence-electron chi connectivity index (χ0n) is 7.09. The van der Waals surface area contributed by atoms with Gasteiger partial charge in [0.1, 0.15) is 5.60 Å². The summed E-state index contributed by atoms with van der Waals surface area (Å²) >= 11 is 0. The van der Waals surface area contributed by atoms with Crippen LogP contribution in [0.15, 0.2) is 0 Å². The van der Waals surface area contributed by atoms with Gasteiger partial charge in [-0.1, -0.05) is 13.3 Å². The van der Waals surface area contributed by atoms with Crippen molar-refractivity contribution in [3.63, 3.8) is 0 Å². The minimum Gasteiger partial charge on any atom is -0.450 e. The molecule has 68 valence electrons. The lowest BCUT2D eigenvalue weighted by molar-refractivity contribution is -0.00125. The van der Waals surface area contributed by atoms with Gasteiger partial charge in [-0.05, 0) is 20.3 Å². The third kappa shape index (κ3) is 7.46. The van der Waals surface area contributed by atoms with E-state index in [0.29, 0.717) is 0 Å². The lowest BCUT2D eigenvalue weighted by Gasteiger charge is -2.21. The first-order valence-corrected chi connectivity index (χ1v) is 3.40. The smallest absolute Gasteiger partial charge is 0.450 e. The van der Waals surface area contributed by atoms with E-state index < -0.39 is 11.8 Å². The van der Waals surface area contributed by atoms with Gasteiger partial charge in [-0.3, -0.25) is 0 Å². The Morgan fingerprint density at radius 1 is 1.55 bits per heavy atom. The molecule has 0 saturated heterocycles. The van der Waals surface area contributed by atoms with Crippen LogP contribution in [0.25, 0.3) is 0 Å². The number of ether oxygens (including phenoxy) is 1. The van der Waals surface area contributed by atoms with Gasteiger partial charge in [0.25, 0.3) is 0 Å². The van der Waals surface area contributed by atoms with Gasteiger partial charge in [0.15, 0.2) is 0 Å². The fourth-order valence-electron chi connectivity index (χ4n) is 0.889. The van der Waals surface area contributed by atoms with Crippen molar-refractivity contribution in [2.24, 2.45) is 0 Å². The van der Waals surface area contributed by atoms with Crippen LogP contribution in [0.2, 0.25) is 0 Å². The Balaban J connectivity index is 0. The molecule has 0 aliphatic heterocycles. The van der Waals surface area contributed by atoms with Crippen molar-refractivity contribution in [1.29, 1.82) is 0 Å². The maximum Gasteiger partial charge on any atom is 0.506 e. The molecule has 0 amide bonds. The van der Waals surface area contributed by atoms with E-state index in [4.69, 9.17) is 5.11 Å². The van der Waals surface area contributed by atoms with Crippen molar-refractivity contribution in [1.82, 2.24) is 0 Å². The molecule has 0 saturated carbocycles. The van der Waals surface area contributed by atoms with Gasteiger partial charge in [0.05, 0.1) is 0 Å².